The van der Waals surface area contributed by atoms with Crippen LogP contribution in [0.2, 0.25) is 0 Å². The van der Waals surface area contributed by atoms with E-state index in [0.29, 0.717) is 17.1 Å². The first-order chi connectivity index (χ1) is 12.7. The Bertz CT molecular complexity index is 923. The molecule has 0 saturated heterocycles. The van der Waals surface area contributed by atoms with Gasteiger partial charge in [-0.05, 0) is 36.4 Å². The van der Waals surface area contributed by atoms with Crippen LogP contribution in [0.4, 0.5) is 17.1 Å². The first kappa shape index (κ1) is 17.0. The number of para-hydroxylation sites is 1. The van der Waals surface area contributed by atoms with E-state index in [9.17, 15) is 10.1 Å². The number of amidine groups is 1. The fourth-order valence-corrected chi connectivity index (χ4v) is 2.11. The Morgan fingerprint density at radius 2 is 1.46 bits per heavy atom. The van der Waals surface area contributed by atoms with Crippen LogP contribution < -0.4 is 5.43 Å². The van der Waals surface area contributed by atoms with E-state index in [1.165, 1.54) is 12.1 Å². The Balaban J connectivity index is 1.90. The van der Waals surface area contributed by atoms with Crippen LogP contribution in [-0.4, -0.2) is 10.8 Å². The zero-order chi connectivity index (χ0) is 18.2. The van der Waals surface area contributed by atoms with E-state index in [1.54, 1.807) is 12.1 Å². The number of nitrogens with zero attached hydrogens (tertiary/aromatic N) is 4. The molecule has 0 saturated carbocycles. The topological polar surface area (TPSA) is 92.2 Å². The second-order valence-electron chi connectivity index (χ2n) is 5.25. The van der Waals surface area contributed by atoms with Crippen LogP contribution in [-0.2, 0) is 0 Å². The summed E-state index contributed by atoms with van der Waals surface area (Å²) in [7, 11) is 0. The monoisotopic (exact) mass is 345 g/mol. The summed E-state index contributed by atoms with van der Waals surface area (Å²) >= 11 is 0. The zero-order valence-corrected chi connectivity index (χ0v) is 13.7. The summed E-state index contributed by atoms with van der Waals surface area (Å²) in [6, 6.07) is 24.7. The SMILES string of the molecule is O=[N+]([O-])c1ccc(C(/N=N/c2ccccc2)=N\Nc2ccccc2)cc1. The summed E-state index contributed by atoms with van der Waals surface area (Å²) in [5.74, 6) is 0.313. The molecule has 0 atom stereocenters. The van der Waals surface area contributed by atoms with Gasteiger partial charge in [-0.2, -0.15) is 5.10 Å². The molecule has 0 bridgehead atoms. The van der Waals surface area contributed by atoms with Crippen molar-refractivity contribution in [2.45, 2.75) is 0 Å². The number of nitro benzene ring substituents is 1. The second kappa shape index (κ2) is 8.29. The molecule has 0 aliphatic carbocycles. The van der Waals surface area contributed by atoms with Crippen molar-refractivity contribution in [1.29, 1.82) is 0 Å². The molecule has 0 heterocycles. The third-order valence-corrected chi connectivity index (χ3v) is 3.42. The van der Waals surface area contributed by atoms with E-state index in [-0.39, 0.29) is 5.69 Å². The van der Waals surface area contributed by atoms with Gasteiger partial charge >= 0.3 is 0 Å². The van der Waals surface area contributed by atoms with Gasteiger partial charge in [0.05, 0.1) is 16.3 Å². The number of nitrogens with one attached hydrogen (secondary N) is 1. The van der Waals surface area contributed by atoms with Crippen LogP contribution in [0.25, 0.3) is 0 Å². The Morgan fingerprint density at radius 3 is 2.08 bits per heavy atom. The highest BCUT2D eigenvalue weighted by atomic mass is 16.6. The number of anilines is 1. The molecule has 3 aromatic carbocycles. The quantitative estimate of drug-likeness (QED) is 0.228. The van der Waals surface area contributed by atoms with Gasteiger partial charge in [0, 0.05) is 17.7 Å². The number of rotatable bonds is 5. The predicted octanol–water partition coefficient (Wildman–Crippen LogP) is 5.15. The molecule has 3 aromatic rings. The molecule has 0 spiro atoms. The van der Waals surface area contributed by atoms with Gasteiger partial charge in [0.15, 0.2) is 0 Å². The average Bonchev–Trinajstić information content (AvgIpc) is 2.70. The third-order valence-electron chi connectivity index (χ3n) is 3.42. The van der Waals surface area contributed by atoms with E-state index in [4.69, 9.17) is 0 Å². The summed E-state index contributed by atoms with van der Waals surface area (Å²) in [6.07, 6.45) is 0. The minimum atomic E-state index is -0.450. The normalized spacial score (nSPS) is 11.5. The predicted molar refractivity (Wildman–Crippen MR) is 101 cm³/mol. The summed E-state index contributed by atoms with van der Waals surface area (Å²) in [4.78, 5) is 10.4. The molecule has 0 aromatic heterocycles. The van der Waals surface area contributed by atoms with Gasteiger partial charge in [0.1, 0.15) is 0 Å². The number of benzene rings is 3. The van der Waals surface area contributed by atoms with Crippen molar-refractivity contribution >= 4 is 22.9 Å². The Hall–Kier alpha value is -3.87. The molecule has 26 heavy (non-hydrogen) atoms. The molecule has 7 heteroatoms. The summed E-state index contributed by atoms with van der Waals surface area (Å²) in [5, 5.41) is 23.5. The van der Waals surface area contributed by atoms with Crippen molar-refractivity contribution in [1.82, 2.24) is 0 Å². The fraction of sp³-hybridized carbons (Fsp3) is 0. The van der Waals surface area contributed by atoms with Crippen molar-refractivity contribution in [3.63, 3.8) is 0 Å². The van der Waals surface area contributed by atoms with E-state index >= 15 is 0 Å². The van der Waals surface area contributed by atoms with Crippen LogP contribution in [0.15, 0.2) is 100 Å². The molecule has 0 radical (unpaired) electrons. The second-order valence-corrected chi connectivity index (χ2v) is 5.25. The zero-order valence-electron chi connectivity index (χ0n) is 13.7. The van der Waals surface area contributed by atoms with Crippen molar-refractivity contribution < 1.29 is 4.92 Å². The van der Waals surface area contributed by atoms with Gasteiger partial charge in [-0.15, -0.1) is 10.2 Å². The van der Waals surface area contributed by atoms with E-state index in [2.05, 4.69) is 20.8 Å². The van der Waals surface area contributed by atoms with E-state index in [0.717, 1.165) is 5.69 Å². The minimum Gasteiger partial charge on any atom is -0.276 e. The lowest BCUT2D eigenvalue weighted by molar-refractivity contribution is -0.384. The Kier molecular flexibility index (Phi) is 5.41. The lowest BCUT2D eigenvalue weighted by Gasteiger charge is -2.03. The first-order valence-corrected chi connectivity index (χ1v) is 7.83. The molecular weight excluding hydrogens is 330 g/mol. The minimum absolute atomic E-state index is 0.00381. The van der Waals surface area contributed by atoms with Crippen LogP contribution in [0.3, 0.4) is 0 Å². The first-order valence-electron chi connectivity index (χ1n) is 7.83. The number of non-ortho nitro benzene ring substituents is 1. The van der Waals surface area contributed by atoms with Crippen LogP contribution >= 0.6 is 0 Å². The van der Waals surface area contributed by atoms with Gasteiger partial charge in [-0.25, -0.2) is 0 Å². The molecule has 0 aliphatic rings. The van der Waals surface area contributed by atoms with Crippen LogP contribution in [0.1, 0.15) is 5.56 Å². The molecule has 1 N–H and O–H groups in total. The number of hydrogen-bond acceptors (Lipinski definition) is 5. The van der Waals surface area contributed by atoms with Gasteiger partial charge < -0.3 is 0 Å². The molecule has 3 rings (SSSR count). The molecule has 0 aliphatic heterocycles. The van der Waals surface area contributed by atoms with Crippen molar-refractivity contribution in [2.75, 3.05) is 5.43 Å². The number of nitro groups is 1. The summed E-state index contributed by atoms with van der Waals surface area (Å²) < 4.78 is 0. The number of hydrogen-bond donors (Lipinski definition) is 1. The summed E-state index contributed by atoms with van der Waals surface area (Å²) in [5.41, 5.74) is 5.01. The largest absolute Gasteiger partial charge is 0.276 e. The van der Waals surface area contributed by atoms with Gasteiger partial charge in [-0.1, -0.05) is 36.4 Å². The van der Waals surface area contributed by atoms with Gasteiger partial charge in [0.25, 0.3) is 5.69 Å². The molecule has 0 amide bonds. The van der Waals surface area contributed by atoms with Gasteiger partial charge in [-0.3, -0.25) is 15.5 Å². The van der Waals surface area contributed by atoms with Gasteiger partial charge in [0.2, 0.25) is 5.84 Å². The lowest BCUT2D eigenvalue weighted by atomic mass is 10.2. The molecule has 128 valence electrons. The molecule has 0 fully saturated rings. The highest BCUT2D eigenvalue weighted by Crippen LogP contribution is 2.16. The van der Waals surface area contributed by atoms with E-state index in [1.807, 2.05) is 60.7 Å². The molecular formula is C19H15N5O2. The van der Waals surface area contributed by atoms with Crippen molar-refractivity contribution in [3.8, 4) is 0 Å². The average molecular weight is 345 g/mol. The van der Waals surface area contributed by atoms with E-state index < -0.39 is 4.92 Å². The number of azo groups is 1. The Morgan fingerprint density at radius 1 is 0.846 bits per heavy atom. The van der Waals surface area contributed by atoms with Crippen LogP contribution in [0.5, 0.6) is 0 Å². The van der Waals surface area contributed by atoms with Crippen LogP contribution in [0, 0.1) is 10.1 Å². The maximum Gasteiger partial charge on any atom is 0.269 e. The maximum atomic E-state index is 10.8. The lowest BCUT2D eigenvalue weighted by Crippen LogP contribution is -2.01. The fourth-order valence-electron chi connectivity index (χ4n) is 2.11. The highest BCUT2D eigenvalue weighted by molar-refractivity contribution is 5.99. The van der Waals surface area contributed by atoms with Crippen molar-refractivity contribution in [3.05, 3.63) is 101 Å². The highest BCUT2D eigenvalue weighted by Gasteiger charge is 2.08. The smallest absolute Gasteiger partial charge is 0.269 e. The number of hydrazone groups is 1. The summed E-state index contributed by atoms with van der Waals surface area (Å²) in [6.45, 7) is 0. The maximum absolute atomic E-state index is 10.8. The molecule has 7 nitrogen and oxygen atoms in total. The Labute approximate surface area is 149 Å². The third kappa shape index (κ3) is 4.57. The standard InChI is InChI=1S/C19H15N5O2/c25-24(26)18-13-11-15(12-14-18)19(22-20-16-7-3-1-4-8-16)23-21-17-9-5-2-6-10-17/h1-14,20H/b22-19+,23-21+. The van der Waals surface area contributed by atoms with Crippen molar-refractivity contribution in [2.24, 2.45) is 15.3 Å². The molecule has 0 unspecified atom stereocenters.